The van der Waals surface area contributed by atoms with Crippen LogP contribution in [0.15, 0.2) is 42.6 Å². The Morgan fingerprint density at radius 3 is 2.35 bits per heavy atom. The van der Waals surface area contributed by atoms with Gasteiger partial charge in [-0.3, -0.25) is 0 Å². The molecule has 2 rings (SSSR count). The van der Waals surface area contributed by atoms with E-state index in [0.717, 1.165) is 17.1 Å². The summed E-state index contributed by atoms with van der Waals surface area (Å²) in [5.74, 6) is 0.869. The van der Waals surface area contributed by atoms with Crippen molar-refractivity contribution >= 4 is 11.5 Å². The fourth-order valence-corrected chi connectivity index (χ4v) is 2.13. The molecule has 0 amide bonds. The van der Waals surface area contributed by atoms with Gasteiger partial charge in [-0.15, -0.1) is 0 Å². The van der Waals surface area contributed by atoms with Crippen molar-refractivity contribution in [3.05, 3.63) is 53.7 Å². The van der Waals surface area contributed by atoms with Gasteiger partial charge in [-0.2, -0.15) is 0 Å². The lowest BCUT2D eigenvalue weighted by atomic mass is 9.88. The molecule has 1 atom stereocenters. The zero-order valence-electron chi connectivity index (χ0n) is 12.6. The van der Waals surface area contributed by atoms with Crippen LogP contribution in [-0.2, 0) is 5.41 Å². The van der Waals surface area contributed by atoms with Crippen molar-refractivity contribution < 1.29 is 0 Å². The number of nitrogen functional groups attached to an aromatic ring is 1. The normalized spacial score (nSPS) is 13.0. The molecule has 3 N–H and O–H groups in total. The van der Waals surface area contributed by atoms with Crippen molar-refractivity contribution in [2.24, 2.45) is 0 Å². The lowest BCUT2D eigenvalue weighted by molar-refractivity contribution is 0.587. The van der Waals surface area contributed by atoms with Crippen LogP contribution < -0.4 is 11.1 Å². The Hall–Kier alpha value is -2.03. The summed E-state index contributed by atoms with van der Waals surface area (Å²) in [6.07, 6.45) is 1.93. The first-order valence-electron chi connectivity index (χ1n) is 6.95. The Kier molecular flexibility index (Phi) is 3.98. The summed E-state index contributed by atoms with van der Waals surface area (Å²) >= 11 is 0. The summed E-state index contributed by atoms with van der Waals surface area (Å²) in [6, 6.07) is 12.2. The Morgan fingerprint density at radius 2 is 1.80 bits per heavy atom. The Bertz CT molecular complexity index is 568. The van der Waals surface area contributed by atoms with Crippen molar-refractivity contribution in [2.75, 3.05) is 11.1 Å². The Labute approximate surface area is 121 Å². The maximum Gasteiger partial charge on any atom is 0.126 e. The highest BCUT2D eigenvalue weighted by Crippen LogP contribution is 2.25. The molecule has 0 aliphatic heterocycles. The molecule has 0 aliphatic rings. The number of rotatable bonds is 3. The van der Waals surface area contributed by atoms with Gasteiger partial charge in [0.25, 0.3) is 0 Å². The van der Waals surface area contributed by atoms with Crippen LogP contribution in [0.1, 0.15) is 44.9 Å². The molecule has 0 fully saturated rings. The summed E-state index contributed by atoms with van der Waals surface area (Å²) in [6.45, 7) is 8.64. The molecule has 1 aromatic carbocycles. The molecule has 0 bridgehead atoms. The number of nitrogens with zero attached hydrogens (tertiary/aromatic N) is 1. The van der Waals surface area contributed by atoms with E-state index in [9.17, 15) is 0 Å². The van der Waals surface area contributed by atoms with Gasteiger partial charge in [0.1, 0.15) is 5.82 Å². The maximum atomic E-state index is 6.00. The van der Waals surface area contributed by atoms with E-state index in [4.69, 9.17) is 5.73 Å². The molecule has 0 spiro atoms. The fraction of sp³-hybridized carbons (Fsp3) is 0.353. The van der Waals surface area contributed by atoms with Crippen molar-refractivity contribution in [3.8, 4) is 0 Å². The van der Waals surface area contributed by atoms with Crippen LogP contribution in [0.4, 0.5) is 11.5 Å². The summed E-state index contributed by atoms with van der Waals surface area (Å²) < 4.78 is 0. The van der Waals surface area contributed by atoms with Crippen molar-refractivity contribution in [2.45, 2.75) is 39.2 Å². The van der Waals surface area contributed by atoms with Crippen LogP contribution in [0, 0.1) is 0 Å². The summed E-state index contributed by atoms with van der Waals surface area (Å²) in [4.78, 5) is 4.49. The van der Waals surface area contributed by atoms with Crippen molar-refractivity contribution in [3.63, 3.8) is 0 Å². The minimum absolute atomic E-state index is 0.126. The predicted molar refractivity (Wildman–Crippen MR) is 85.8 cm³/mol. The van der Waals surface area contributed by atoms with Gasteiger partial charge >= 0.3 is 0 Å². The van der Waals surface area contributed by atoms with Crippen LogP contribution in [0.2, 0.25) is 0 Å². The highest BCUT2D eigenvalue weighted by Gasteiger charge is 2.14. The van der Waals surface area contributed by atoms with Crippen LogP contribution >= 0.6 is 0 Å². The first kappa shape index (κ1) is 14.4. The quantitative estimate of drug-likeness (QED) is 0.824. The minimum atomic E-state index is 0.126. The lowest BCUT2D eigenvalue weighted by Crippen LogP contribution is -2.13. The van der Waals surface area contributed by atoms with Crippen molar-refractivity contribution in [1.82, 2.24) is 4.98 Å². The van der Waals surface area contributed by atoms with E-state index in [1.807, 2.05) is 36.5 Å². The monoisotopic (exact) mass is 269 g/mol. The van der Waals surface area contributed by atoms with E-state index in [0.29, 0.717) is 0 Å². The topological polar surface area (TPSA) is 50.9 Å². The number of para-hydroxylation sites is 1. The first-order chi connectivity index (χ1) is 9.38. The third-order valence-electron chi connectivity index (χ3n) is 3.46. The number of hydrogen-bond acceptors (Lipinski definition) is 3. The van der Waals surface area contributed by atoms with Crippen LogP contribution in [0.25, 0.3) is 0 Å². The molecule has 0 aliphatic carbocycles. The Morgan fingerprint density at radius 1 is 1.10 bits per heavy atom. The molecular weight excluding hydrogens is 246 g/mol. The molecule has 3 nitrogen and oxygen atoms in total. The highest BCUT2D eigenvalue weighted by atomic mass is 15.0. The van der Waals surface area contributed by atoms with E-state index in [1.54, 1.807) is 0 Å². The van der Waals surface area contributed by atoms with E-state index in [-0.39, 0.29) is 11.5 Å². The summed E-state index contributed by atoms with van der Waals surface area (Å²) in [5.41, 5.74) is 9.25. The van der Waals surface area contributed by atoms with Crippen molar-refractivity contribution in [1.29, 1.82) is 0 Å². The molecule has 106 valence electrons. The molecule has 0 saturated carbocycles. The molecule has 3 heteroatoms. The smallest absolute Gasteiger partial charge is 0.126 e. The minimum Gasteiger partial charge on any atom is -0.398 e. The Balaban J connectivity index is 2.13. The molecular formula is C17H23N3. The number of hydrogen-bond donors (Lipinski definition) is 2. The van der Waals surface area contributed by atoms with Gasteiger partial charge in [-0.1, -0.05) is 45.0 Å². The zero-order chi connectivity index (χ0) is 14.8. The van der Waals surface area contributed by atoms with Gasteiger partial charge in [-0.25, -0.2) is 4.98 Å². The van der Waals surface area contributed by atoms with E-state index >= 15 is 0 Å². The lowest BCUT2D eigenvalue weighted by Gasteiger charge is -2.20. The van der Waals surface area contributed by atoms with Crippen LogP contribution in [-0.4, -0.2) is 4.98 Å². The summed E-state index contributed by atoms with van der Waals surface area (Å²) in [7, 11) is 0. The number of anilines is 2. The van der Waals surface area contributed by atoms with Gasteiger partial charge in [-0.05, 0) is 35.6 Å². The average molecular weight is 269 g/mol. The second-order valence-electron chi connectivity index (χ2n) is 6.18. The molecule has 1 heterocycles. The van der Waals surface area contributed by atoms with E-state index in [2.05, 4.69) is 44.1 Å². The second-order valence-corrected chi connectivity index (χ2v) is 6.18. The van der Waals surface area contributed by atoms with Gasteiger partial charge in [0, 0.05) is 11.9 Å². The number of nitrogens with two attached hydrogens (primary N) is 1. The van der Waals surface area contributed by atoms with Gasteiger partial charge in [0.15, 0.2) is 0 Å². The maximum absolute atomic E-state index is 6.00. The molecule has 20 heavy (non-hydrogen) atoms. The van der Waals surface area contributed by atoms with Gasteiger partial charge in [0.2, 0.25) is 0 Å². The number of nitrogens with one attached hydrogen (secondary N) is 1. The standard InChI is InChI=1S/C17H23N3/c1-12(14-7-5-6-8-15(14)18)20-16-10-9-13(11-19-16)17(2,3)4/h5-12H,18H2,1-4H3,(H,19,20). The largest absolute Gasteiger partial charge is 0.398 e. The molecule has 1 unspecified atom stereocenters. The van der Waals surface area contributed by atoms with Crippen LogP contribution in [0.3, 0.4) is 0 Å². The second kappa shape index (κ2) is 5.53. The van der Waals surface area contributed by atoms with E-state index < -0.39 is 0 Å². The zero-order valence-corrected chi connectivity index (χ0v) is 12.6. The molecule has 0 saturated heterocycles. The van der Waals surface area contributed by atoms with Crippen LogP contribution in [0.5, 0.6) is 0 Å². The third kappa shape index (κ3) is 3.29. The van der Waals surface area contributed by atoms with Gasteiger partial charge in [0.05, 0.1) is 6.04 Å². The summed E-state index contributed by atoms with van der Waals surface area (Å²) in [5, 5.41) is 3.39. The predicted octanol–water partition coefficient (Wildman–Crippen LogP) is 4.13. The molecule has 2 aromatic rings. The first-order valence-corrected chi connectivity index (χ1v) is 6.95. The number of benzene rings is 1. The number of pyridine rings is 1. The average Bonchev–Trinajstić information content (AvgIpc) is 2.38. The SMILES string of the molecule is CC(Nc1ccc(C(C)(C)C)cn1)c1ccccc1N. The van der Waals surface area contributed by atoms with E-state index in [1.165, 1.54) is 5.56 Å². The molecule has 0 radical (unpaired) electrons. The fourth-order valence-electron chi connectivity index (χ4n) is 2.13. The van der Waals surface area contributed by atoms with Gasteiger partial charge < -0.3 is 11.1 Å². The molecule has 1 aromatic heterocycles. The number of aromatic nitrogens is 1. The highest BCUT2D eigenvalue weighted by molar-refractivity contribution is 5.51. The third-order valence-corrected chi connectivity index (χ3v) is 3.46.